The molecule has 0 N–H and O–H groups in total. The Hall–Kier alpha value is -1.20. The van der Waals surface area contributed by atoms with Crippen molar-refractivity contribution in [3.05, 3.63) is 29.8 Å². The minimum atomic E-state index is 0.110. The van der Waals surface area contributed by atoms with Crippen LogP contribution in [0.1, 0.15) is 12.0 Å². The lowest BCUT2D eigenvalue weighted by molar-refractivity contribution is -0.115. The van der Waals surface area contributed by atoms with Crippen LogP contribution in [-0.4, -0.2) is 11.5 Å². The number of ketones is 1. The number of carbonyl (C=O) groups excluding carboxylic acids is 1. The highest BCUT2D eigenvalue weighted by Gasteiger charge is 2.00. The van der Waals surface area contributed by atoms with Gasteiger partial charge in [-0.3, -0.25) is 4.79 Å². The van der Waals surface area contributed by atoms with Crippen molar-refractivity contribution >= 4 is 17.5 Å². The zero-order valence-electron chi connectivity index (χ0n) is 8.12. The third-order valence-electron chi connectivity index (χ3n) is 1.69. The molecule has 0 fully saturated rings. The van der Waals surface area contributed by atoms with Gasteiger partial charge >= 0.3 is 0 Å². The molecule has 0 unspecified atom stereocenters. The van der Waals surface area contributed by atoms with Crippen molar-refractivity contribution in [2.45, 2.75) is 18.2 Å². The summed E-state index contributed by atoms with van der Waals surface area (Å²) in [5, 5.41) is 0. The lowest BCUT2D eigenvalue weighted by Crippen LogP contribution is -1.98. The van der Waals surface area contributed by atoms with Crippen LogP contribution in [0, 0.1) is 19.3 Å². The normalized spacial score (nSPS) is 9.43. The molecule has 0 saturated carbocycles. The van der Waals surface area contributed by atoms with Crippen molar-refractivity contribution in [1.82, 2.24) is 0 Å². The van der Waals surface area contributed by atoms with E-state index < -0.39 is 0 Å². The maximum Gasteiger partial charge on any atom is 0.154 e. The fourth-order valence-corrected chi connectivity index (χ4v) is 1.91. The molecule has 1 rings (SSSR count). The summed E-state index contributed by atoms with van der Waals surface area (Å²) < 4.78 is 0. The summed E-state index contributed by atoms with van der Waals surface area (Å²) >= 11 is 1.54. The third-order valence-corrected chi connectivity index (χ3v) is 2.74. The fourth-order valence-electron chi connectivity index (χ4n) is 1.03. The summed E-state index contributed by atoms with van der Waals surface area (Å²) in [6, 6.07) is 8.09. The molecule has 0 atom stereocenters. The number of benzene rings is 1. The van der Waals surface area contributed by atoms with Gasteiger partial charge in [-0.2, -0.15) is 0 Å². The molecule has 2 heteroatoms. The Morgan fingerprint density at radius 3 is 3.00 bits per heavy atom. The summed E-state index contributed by atoms with van der Waals surface area (Å²) in [6.45, 7) is 2.04. The van der Waals surface area contributed by atoms with E-state index in [4.69, 9.17) is 6.42 Å². The van der Waals surface area contributed by atoms with Gasteiger partial charge in [0.15, 0.2) is 5.78 Å². The lowest BCUT2D eigenvalue weighted by atomic mass is 10.2. The Kier molecular flexibility index (Phi) is 4.28. The molecule has 0 bridgehead atoms. The summed E-state index contributed by atoms with van der Waals surface area (Å²) in [4.78, 5) is 12.3. The second-order valence-electron chi connectivity index (χ2n) is 3.02. The predicted molar refractivity (Wildman–Crippen MR) is 60.4 cm³/mol. The number of carbonyl (C=O) groups is 1. The van der Waals surface area contributed by atoms with E-state index in [1.807, 2.05) is 25.1 Å². The Labute approximate surface area is 88.9 Å². The molecule has 1 aromatic rings. The molecule has 1 aromatic carbocycles. The highest BCUT2D eigenvalue weighted by molar-refractivity contribution is 8.00. The number of thioether (sulfide) groups is 1. The number of aryl methyl sites for hydroxylation is 1. The number of hydrogen-bond acceptors (Lipinski definition) is 2. The van der Waals surface area contributed by atoms with Gasteiger partial charge in [0.2, 0.25) is 0 Å². The van der Waals surface area contributed by atoms with Crippen LogP contribution in [0.25, 0.3) is 0 Å². The number of rotatable bonds is 4. The minimum Gasteiger partial charge on any atom is -0.298 e. The maximum atomic E-state index is 11.1. The van der Waals surface area contributed by atoms with Crippen molar-refractivity contribution < 1.29 is 4.79 Å². The molecule has 0 spiro atoms. The van der Waals surface area contributed by atoms with Crippen molar-refractivity contribution in [2.24, 2.45) is 0 Å². The van der Waals surface area contributed by atoms with Crippen molar-refractivity contribution in [1.29, 1.82) is 0 Å². The van der Waals surface area contributed by atoms with E-state index in [9.17, 15) is 4.79 Å². The van der Waals surface area contributed by atoms with Crippen molar-refractivity contribution in [3.63, 3.8) is 0 Å². The van der Waals surface area contributed by atoms with Crippen LogP contribution in [0.3, 0.4) is 0 Å². The predicted octanol–water partition coefficient (Wildman–Crippen LogP) is 2.68. The zero-order valence-corrected chi connectivity index (χ0v) is 8.93. The fraction of sp³-hybridized carbons (Fsp3) is 0.250. The van der Waals surface area contributed by atoms with Gasteiger partial charge in [-0.05, 0) is 19.1 Å². The Bertz CT molecular complexity index is 363. The van der Waals surface area contributed by atoms with E-state index in [0.29, 0.717) is 5.75 Å². The summed E-state index contributed by atoms with van der Waals surface area (Å²) in [5.41, 5.74) is 1.21. The quantitative estimate of drug-likeness (QED) is 0.554. The first-order valence-corrected chi connectivity index (χ1v) is 5.35. The molecule has 0 aliphatic rings. The molecule has 72 valence electrons. The van der Waals surface area contributed by atoms with Gasteiger partial charge in [-0.15, -0.1) is 18.2 Å². The molecule has 1 nitrogen and oxygen atoms in total. The molecule has 0 aliphatic carbocycles. The summed E-state index contributed by atoms with van der Waals surface area (Å²) in [5.74, 6) is 2.93. The first-order valence-electron chi connectivity index (χ1n) is 4.37. The van der Waals surface area contributed by atoms with Crippen LogP contribution in [-0.2, 0) is 4.79 Å². The van der Waals surface area contributed by atoms with Gasteiger partial charge in [0.1, 0.15) is 0 Å². The van der Waals surface area contributed by atoms with Crippen LogP contribution in [0.4, 0.5) is 0 Å². The maximum absolute atomic E-state index is 11.1. The van der Waals surface area contributed by atoms with Gasteiger partial charge in [0, 0.05) is 4.90 Å². The average Bonchev–Trinajstić information content (AvgIpc) is 2.15. The molecule has 0 aliphatic heterocycles. The van der Waals surface area contributed by atoms with Crippen molar-refractivity contribution in [3.8, 4) is 12.3 Å². The van der Waals surface area contributed by atoms with Crippen molar-refractivity contribution in [2.75, 3.05) is 5.75 Å². The SMILES string of the molecule is C#CCC(=O)CSc1cccc(C)c1. The smallest absolute Gasteiger partial charge is 0.154 e. The van der Waals surface area contributed by atoms with Gasteiger partial charge in [-0.25, -0.2) is 0 Å². The van der Waals surface area contributed by atoms with Gasteiger partial charge in [0.25, 0.3) is 0 Å². The Morgan fingerprint density at radius 1 is 1.57 bits per heavy atom. The highest BCUT2D eigenvalue weighted by Crippen LogP contribution is 2.18. The molecule has 0 heterocycles. The number of hydrogen-bond donors (Lipinski definition) is 0. The highest BCUT2D eigenvalue weighted by atomic mass is 32.2. The van der Waals surface area contributed by atoms with Crippen LogP contribution < -0.4 is 0 Å². The van der Waals surface area contributed by atoms with E-state index in [0.717, 1.165) is 4.90 Å². The van der Waals surface area contributed by atoms with E-state index in [2.05, 4.69) is 12.0 Å². The molecule has 0 saturated heterocycles. The van der Waals surface area contributed by atoms with E-state index in [1.165, 1.54) is 17.3 Å². The number of Topliss-reactive ketones (excluding diaryl/α,β-unsaturated/α-hetero) is 1. The third kappa shape index (κ3) is 3.68. The largest absolute Gasteiger partial charge is 0.298 e. The van der Waals surface area contributed by atoms with E-state index in [-0.39, 0.29) is 12.2 Å². The van der Waals surface area contributed by atoms with E-state index in [1.54, 1.807) is 0 Å². The van der Waals surface area contributed by atoms with Crippen LogP contribution in [0.15, 0.2) is 29.2 Å². The van der Waals surface area contributed by atoms with Crippen LogP contribution in [0.2, 0.25) is 0 Å². The molecular formula is C12H12OS. The van der Waals surface area contributed by atoms with Crippen LogP contribution in [0.5, 0.6) is 0 Å². The van der Waals surface area contributed by atoms with E-state index >= 15 is 0 Å². The molecule has 0 amide bonds. The molecule has 0 aromatic heterocycles. The summed E-state index contributed by atoms with van der Waals surface area (Å²) in [7, 11) is 0. The first kappa shape index (κ1) is 10.9. The first-order chi connectivity index (χ1) is 6.72. The van der Waals surface area contributed by atoms with Gasteiger partial charge in [0.05, 0.1) is 12.2 Å². The zero-order chi connectivity index (χ0) is 10.4. The van der Waals surface area contributed by atoms with Gasteiger partial charge in [-0.1, -0.05) is 23.6 Å². The second-order valence-corrected chi connectivity index (χ2v) is 4.07. The second kappa shape index (κ2) is 5.51. The van der Waals surface area contributed by atoms with Gasteiger partial charge < -0.3 is 0 Å². The molecule has 0 radical (unpaired) electrons. The summed E-state index contributed by atoms with van der Waals surface area (Å²) in [6.07, 6.45) is 5.28. The molecule has 14 heavy (non-hydrogen) atoms. The molecular weight excluding hydrogens is 192 g/mol. The van der Waals surface area contributed by atoms with Crippen LogP contribution >= 0.6 is 11.8 Å². The average molecular weight is 204 g/mol. The standard InChI is InChI=1S/C12H12OS/c1-3-5-11(13)9-14-12-7-4-6-10(2)8-12/h1,4,6-8H,5,9H2,2H3. The monoisotopic (exact) mass is 204 g/mol. The topological polar surface area (TPSA) is 17.1 Å². The lowest BCUT2D eigenvalue weighted by Gasteiger charge is -2.00. The Balaban J connectivity index is 2.46. The Morgan fingerprint density at radius 2 is 2.36 bits per heavy atom. The minimum absolute atomic E-state index is 0.110. The number of terminal acetylenes is 1.